The van der Waals surface area contributed by atoms with Crippen molar-refractivity contribution in [1.82, 2.24) is 14.7 Å². The zero-order valence-electron chi connectivity index (χ0n) is 21.0. The number of rotatable bonds is 6. The number of ether oxygens (including phenoxy) is 1. The molecule has 0 aliphatic carbocycles. The van der Waals surface area contributed by atoms with E-state index in [-0.39, 0.29) is 78.6 Å². The highest BCUT2D eigenvalue weighted by Crippen LogP contribution is 2.32. The van der Waals surface area contributed by atoms with Gasteiger partial charge in [-0.15, -0.1) is 0 Å². The van der Waals surface area contributed by atoms with E-state index >= 15 is 8.78 Å². The maximum absolute atomic E-state index is 15.3. The van der Waals surface area contributed by atoms with Gasteiger partial charge in [-0.2, -0.15) is 0 Å². The molecule has 0 unspecified atom stereocenters. The minimum absolute atomic E-state index is 0.0132. The summed E-state index contributed by atoms with van der Waals surface area (Å²) < 4.78 is 38.4. The van der Waals surface area contributed by atoms with Crippen LogP contribution in [0.1, 0.15) is 27.6 Å². The van der Waals surface area contributed by atoms with Gasteiger partial charge in [0.05, 0.1) is 53.9 Å². The molecule has 5 rings (SSSR count). The lowest BCUT2D eigenvalue weighted by Crippen LogP contribution is -2.33. The van der Waals surface area contributed by atoms with Crippen molar-refractivity contribution in [3.8, 4) is 0 Å². The summed E-state index contributed by atoms with van der Waals surface area (Å²) in [6, 6.07) is 4.05. The highest BCUT2D eigenvalue weighted by molar-refractivity contribution is 6.05. The van der Waals surface area contributed by atoms with Crippen molar-refractivity contribution in [3.63, 3.8) is 0 Å². The second kappa shape index (κ2) is 9.98. The van der Waals surface area contributed by atoms with Gasteiger partial charge in [-0.25, -0.2) is 27.8 Å². The van der Waals surface area contributed by atoms with Crippen LogP contribution in [0.4, 0.5) is 25.0 Å². The quantitative estimate of drug-likeness (QED) is 0.406. The average molecular weight is 559 g/mol. The van der Waals surface area contributed by atoms with Gasteiger partial charge in [0, 0.05) is 32.1 Å². The van der Waals surface area contributed by atoms with Crippen LogP contribution < -0.4 is 20.7 Å². The number of benzene rings is 2. The Hall–Kier alpha value is -4.95. The van der Waals surface area contributed by atoms with Gasteiger partial charge in [0.25, 0.3) is 5.56 Å². The van der Waals surface area contributed by atoms with E-state index in [1.165, 1.54) is 21.2 Å². The monoisotopic (exact) mass is 559 g/mol. The Kier molecular flexibility index (Phi) is 6.65. The zero-order chi connectivity index (χ0) is 28.9. The van der Waals surface area contributed by atoms with Crippen LogP contribution >= 0.6 is 0 Å². The molecule has 3 aromatic rings. The number of fused-ring (bicyclic) bond motifs is 3. The molecule has 1 saturated heterocycles. The van der Waals surface area contributed by atoms with Crippen LogP contribution in [-0.2, 0) is 22.6 Å². The molecule has 2 aliphatic rings. The van der Waals surface area contributed by atoms with Crippen molar-refractivity contribution >= 4 is 46.2 Å². The lowest BCUT2D eigenvalue weighted by molar-refractivity contribution is -0.119. The standard InChI is InChI=1S/C25H23F2N5O8/c1-12(33)28-10-15-11-30(25(39)40-15)14-8-18(26)21(19(27)9-14)29-2-4-31-20-16(22(34)32(31)5-3-29)6-13(23(35)36)7-17(20)24(37)38/h6-9,15H,2-5,10-11H2,1H3,(H,28,33)(H,35,36)(H,37,38)/t15-/m0/s1. The van der Waals surface area contributed by atoms with E-state index in [1.54, 1.807) is 0 Å². The van der Waals surface area contributed by atoms with Crippen molar-refractivity contribution in [2.45, 2.75) is 26.1 Å². The second-order valence-electron chi connectivity index (χ2n) is 9.38. The Morgan fingerprint density at radius 3 is 2.23 bits per heavy atom. The predicted octanol–water partition coefficient (Wildman–Crippen LogP) is 1.46. The summed E-state index contributed by atoms with van der Waals surface area (Å²) in [4.78, 5) is 62.3. The summed E-state index contributed by atoms with van der Waals surface area (Å²) in [5, 5.41) is 21.5. The molecule has 0 spiro atoms. The van der Waals surface area contributed by atoms with Crippen molar-refractivity contribution in [3.05, 3.63) is 57.4 Å². The second-order valence-corrected chi connectivity index (χ2v) is 9.38. The maximum atomic E-state index is 15.3. The molecule has 1 fully saturated rings. The molecular weight excluding hydrogens is 536 g/mol. The Labute approximate surface area is 223 Å². The number of amides is 2. The molecule has 15 heteroatoms. The van der Waals surface area contributed by atoms with E-state index in [9.17, 15) is 34.2 Å². The van der Waals surface area contributed by atoms with Crippen LogP contribution in [0, 0.1) is 11.6 Å². The fourth-order valence-electron chi connectivity index (χ4n) is 5.06. The van der Waals surface area contributed by atoms with Crippen molar-refractivity contribution < 1.29 is 42.9 Å². The number of anilines is 2. The smallest absolute Gasteiger partial charge is 0.414 e. The third-order valence-electron chi connectivity index (χ3n) is 6.85. The van der Waals surface area contributed by atoms with Crippen LogP contribution in [0.25, 0.3) is 10.9 Å². The van der Waals surface area contributed by atoms with Gasteiger partial charge in [0.15, 0.2) is 11.6 Å². The Bertz CT molecular complexity index is 1630. The molecule has 2 aromatic carbocycles. The van der Waals surface area contributed by atoms with Gasteiger partial charge in [0.1, 0.15) is 11.8 Å². The Balaban J connectivity index is 1.43. The van der Waals surface area contributed by atoms with E-state index < -0.39 is 41.3 Å². The van der Waals surface area contributed by atoms with Crippen LogP contribution in [-0.4, -0.2) is 75.8 Å². The fourth-order valence-corrected chi connectivity index (χ4v) is 5.06. The minimum Gasteiger partial charge on any atom is -0.478 e. The number of nitrogens with one attached hydrogen (secondary N) is 1. The Morgan fingerprint density at radius 1 is 0.975 bits per heavy atom. The van der Waals surface area contributed by atoms with Gasteiger partial charge in [-0.1, -0.05) is 0 Å². The van der Waals surface area contributed by atoms with Crippen LogP contribution in [0.2, 0.25) is 0 Å². The topological polar surface area (TPSA) is 163 Å². The van der Waals surface area contributed by atoms with E-state index in [1.807, 2.05) is 0 Å². The minimum atomic E-state index is -1.43. The molecule has 1 atom stereocenters. The third-order valence-corrected chi connectivity index (χ3v) is 6.85. The van der Waals surface area contributed by atoms with Crippen LogP contribution in [0.3, 0.4) is 0 Å². The number of cyclic esters (lactones) is 1. The van der Waals surface area contributed by atoms with E-state index in [0.717, 1.165) is 29.2 Å². The number of carbonyl (C=O) groups excluding carboxylic acids is 2. The lowest BCUT2D eigenvalue weighted by Gasteiger charge is -2.24. The first-order chi connectivity index (χ1) is 19.0. The van der Waals surface area contributed by atoms with Crippen LogP contribution in [0.5, 0.6) is 0 Å². The number of carboxylic acid groups (broad SMARTS) is 2. The average Bonchev–Trinajstić information content (AvgIpc) is 3.29. The molecule has 40 heavy (non-hydrogen) atoms. The van der Waals surface area contributed by atoms with Gasteiger partial charge < -0.3 is 25.2 Å². The number of hydrogen-bond donors (Lipinski definition) is 3. The number of carboxylic acids is 2. The summed E-state index contributed by atoms with van der Waals surface area (Å²) in [6.45, 7) is 1.18. The molecule has 2 aliphatic heterocycles. The summed E-state index contributed by atoms with van der Waals surface area (Å²) in [6.07, 6.45) is -1.51. The van der Waals surface area contributed by atoms with Crippen molar-refractivity contribution in [1.29, 1.82) is 0 Å². The first kappa shape index (κ1) is 26.6. The highest BCUT2D eigenvalue weighted by atomic mass is 19.1. The van der Waals surface area contributed by atoms with E-state index in [4.69, 9.17) is 4.74 Å². The highest BCUT2D eigenvalue weighted by Gasteiger charge is 2.34. The maximum Gasteiger partial charge on any atom is 0.414 e. The van der Waals surface area contributed by atoms with E-state index in [2.05, 4.69) is 5.32 Å². The van der Waals surface area contributed by atoms with Gasteiger partial charge in [-0.05, 0) is 12.1 Å². The molecule has 210 valence electrons. The molecule has 2 amide bonds. The first-order valence-corrected chi connectivity index (χ1v) is 12.2. The molecule has 0 saturated carbocycles. The van der Waals surface area contributed by atoms with E-state index in [0.29, 0.717) is 0 Å². The number of halogens is 2. The molecule has 3 heterocycles. The summed E-state index contributed by atoms with van der Waals surface area (Å²) in [5.74, 6) is -5.06. The summed E-state index contributed by atoms with van der Waals surface area (Å²) in [5.41, 5.74) is -1.80. The van der Waals surface area contributed by atoms with Gasteiger partial charge in [0.2, 0.25) is 5.91 Å². The summed E-state index contributed by atoms with van der Waals surface area (Å²) in [7, 11) is 0. The molecule has 0 bridgehead atoms. The third kappa shape index (κ3) is 4.58. The predicted molar refractivity (Wildman–Crippen MR) is 135 cm³/mol. The Morgan fingerprint density at radius 2 is 1.62 bits per heavy atom. The first-order valence-electron chi connectivity index (χ1n) is 12.2. The normalized spacial score (nSPS) is 17.0. The zero-order valence-corrected chi connectivity index (χ0v) is 21.0. The number of aromatic nitrogens is 2. The van der Waals surface area contributed by atoms with Gasteiger partial charge in [-0.3, -0.25) is 19.2 Å². The molecule has 3 N–H and O–H groups in total. The summed E-state index contributed by atoms with van der Waals surface area (Å²) >= 11 is 0. The number of nitrogens with zero attached hydrogens (tertiary/aromatic N) is 4. The fraction of sp³-hybridized carbons (Fsp3) is 0.320. The molecule has 1 aromatic heterocycles. The van der Waals surface area contributed by atoms with Crippen molar-refractivity contribution in [2.75, 3.05) is 36.0 Å². The largest absolute Gasteiger partial charge is 0.478 e. The molecular formula is C25H23F2N5O8. The number of carbonyl (C=O) groups is 4. The SMILES string of the molecule is CC(=O)NC[C@H]1CN(c2cc(F)c(N3CCn4c(=O)c5cc(C(=O)O)cc(C(=O)O)c5n4CC3)c(F)c2)C(=O)O1. The molecule has 0 radical (unpaired) electrons. The number of hydrogen-bond acceptors (Lipinski definition) is 7. The van der Waals surface area contributed by atoms with Crippen LogP contribution in [0.15, 0.2) is 29.1 Å². The van der Waals surface area contributed by atoms with Crippen molar-refractivity contribution in [2.24, 2.45) is 0 Å². The number of aromatic carboxylic acids is 2. The lowest BCUT2D eigenvalue weighted by atomic mass is 10.1. The molecule has 13 nitrogen and oxygen atoms in total. The van der Waals surface area contributed by atoms with Gasteiger partial charge >= 0.3 is 18.0 Å².